The van der Waals surface area contributed by atoms with Gasteiger partial charge in [0.2, 0.25) is 0 Å². The van der Waals surface area contributed by atoms with Crippen LogP contribution in [0.15, 0.2) is 13.2 Å². The monoisotopic (exact) mass is 149 g/mol. The zero-order valence-corrected chi connectivity index (χ0v) is 6.59. The lowest BCUT2D eigenvalue weighted by atomic mass is 10.6. The average Bonchev–Trinajstić information content (AvgIpc) is 2.30. The molecule has 50 valence electrons. The van der Waals surface area contributed by atoms with E-state index in [1.54, 1.807) is 11.3 Å². The summed E-state index contributed by atoms with van der Waals surface area (Å²) < 4.78 is 0.924. The lowest BCUT2D eigenvalue weighted by molar-refractivity contribution is 1.24. The van der Waals surface area contributed by atoms with E-state index in [4.69, 9.17) is 0 Å². The van der Waals surface area contributed by atoms with E-state index in [1.165, 1.54) is 0 Å². The molecule has 0 aliphatic rings. The summed E-state index contributed by atoms with van der Waals surface area (Å²) in [4.78, 5) is 4.14. The molecule has 1 heterocycles. The molecule has 0 aromatic carbocycles. The fourth-order valence-electron chi connectivity index (χ4n) is 0.667. The highest BCUT2D eigenvalue weighted by molar-refractivity contribution is 7.09. The van der Waals surface area contributed by atoms with Gasteiger partial charge in [-0.05, 0) is 6.92 Å². The first-order valence-corrected chi connectivity index (χ1v) is 3.63. The second kappa shape index (κ2) is 2.68. The van der Waals surface area contributed by atoms with Crippen LogP contribution in [0, 0.1) is 6.92 Å². The molecule has 0 atom stereocenters. The van der Waals surface area contributed by atoms with Crippen LogP contribution >= 0.6 is 11.3 Å². The minimum atomic E-state index is 0.762. The molecule has 0 bridgehead atoms. The molecule has 0 N–H and O–H groups in total. The van der Waals surface area contributed by atoms with Crippen LogP contribution in [0.25, 0.3) is 11.5 Å². The molecular weight excluding hydrogens is 142 g/mol. The van der Waals surface area contributed by atoms with Crippen molar-refractivity contribution in [1.29, 1.82) is 0 Å². The van der Waals surface area contributed by atoms with Gasteiger partial charge < -0.3 is 0 Å². The van der Waals surface area contributed by atoms with Gasteiger partial charge in [-0.25, -0.2) is 4.98 Å². The molecule has 0 unspecified atom stereocenters. The maximum Gasteiger partial charge on any atom is 0.131 e. The Labute approximate surface area is 63.4 Å². The van der Waals surface area contributed by atoms with E-state index in [9.17, 15) is 0 Å². The summed E-state index contributed by atoms with van der Waals surface area (Å²) in [5.41, 5.74) is 5.48. The van der Waals surface area contributed by atoms with E-state index in [2.05, 4.69) is 29.6 Å². The Morgan fingerprint density at radius 2 is 2.10 bits per heavy atom. The van der Waals surface area contributed by atoms with Crippen molar-refractivity contribution in [3.05, 3.63) is 28.0 Å². The molecule has 1 nitrogen and oxygen atoms in total. The predicted molar refractivity (Wildman–Crippen MR) is 44.2 cm³/mol. The maximum atomic E-state index is 4.14. The molecular formula is C8H7NS. The van der Waals surface area contributed by atoms with Gasteiger partial charge >= 0.3 is 0 Å². The van der Waals surface area contributed by atoms with Crippen molar-refractivity contribution in [3.63, 3.8) is 0 Å². The fraction of sp³-hybridized carbons (Fsp3) is 0.125. The summed E-state index contributed by atoms with van der Waals surface area (Å²) in [6, 6.07) is 0. The van der Waals surface area contributed by atoms with Gasteiger partial charge in [-0.1, -0.05) is 18.9 Å². The average molecular weight is 149 g/mol. The Morgan fingerprint density at radius 1 is 1.40 bits per heavy atom. The number of nitrogens with zero attached hydrogens (tertiary/aromatic N) is 1. The van der Waals surface area contributed by atoms with Crippen LogP contribution in [0.5, 0.6) is 0 Å². The highest BCUT2D eigenvalue weighted by atomic mass is 32.1. The number of hydrogen-bond donors (Lipinski definition) is 0. The van der Waals surface area contributed by atoms with Crippen molar-refractivity contribution in [1.82, 2.24) is 4.98 Å². The van der Waals surface area contributed by atoms with Crippen LogP contribution < -0.4 is 9.88 Å². The van der Waals surface area contributed by atoms with E-state index in [-0.39, 0.29) is 0 Å². The SMILES string of the molecule is C=C=c1nc(C)sc1=C=C. The van der Waals surface area contributed by atoms with Crippen LogP contribution in [0.2, 0.25) is 0 Å². The molecule has 0 aliphatic carbocycles. The molecule has 2 heteroatoms. The second-order valence-electron chi connectivity index (χ2n) is 1.76. The molecule has 0 saturated heterocycles. The standard InChI is InChI=1S/C8H7NS/c1-4-7-8(5-2)10-6(3)9-7/h1-2H2,3H3. The smallest absolute Gasteiger partial charge is 0.131 e. The maximum absolute atomic E-state index is 4.14. The van der Waals surface area contributed by atoms with Crippen LogP contribution in [-0.4, -0.2) is 4.98 Å². The van der Waals surface area contributed by atoms with Gasteiger partial charge in [-0.2, -0.15) is 0 Å². The number of aromatic nitrogens is 1. The van der Waals surface area contributed by atoms with Crippen molar-refractivity contribution in [2.24, 2.45) is 0 Å². The molecule has 0 spiro atoms. The first-order valence-electron chi connectivity index (χ1n) is 2.81. The van der Waals surface area contributed by atoms with Crippen LogP contribution in [0.4, 0.5) is 0 Å². The third-order valence-electron chi connectivity index (χ3n) is 1.06. The normalized spacial score (nSPS) is 8.50. The molecule has 0 saturated carbocycles. The summed E-state index contributed by atoms with van der Waals surface area (Å²) in [5.74, 6) is 0. The molecule has 0 radical (unpaired) electrons. The molecule has 0 aliphatic heterocycles. The Kier molecular flexibility index (Phi) is 1.88. The summed E-state index contributed by atoms with van der Waals surface area (Å²) >= 11 is 1.55. The largest absolute Gasteiger partial charge is 0.232 e. The zero-order valence-electron chi connectivity index (χ0n) is 5.77. The van der Waals surface area contributed by atoms with Crippen LogP contribution in [-0.2, 0) is 0 Å². The van der Waals surface area contributed by atoms with E-state index in [0.29, 0.717) is 0 Å². The third-order valence-corrected chi connectivity index (χ3v) is 1.99. The van der Waals surface area contributed by atoms with Crippen molar-refractivity contribution in [3.8, 4) is 0 Å². The summed E-state index contributed by atoms with van der Waals surface area (Å²) in [5, 5.41) is 1.76. The fourth-order valence-corrected chi connectivity index (χ4v) is 1.39. The van der Waals surface area contributed by atoms with Gasteiger partial charge in [0, 0.05) is 0 Å². The highest BCUT2D eigenvalue weighted by Gasteiger charge is 1.89. The van der Waals surface area contributed by atoms with Gasteiger partial charge in [-0.3, -0.25) is 0 Å². The summed E-state index contributed by atoms with van der Waals surface area (Å²) in [7, 11) is 0. The second-order valence-corrected chi connectivity index (χ2v) is 2.97. The van der Waals surface area contributed by atoms with Crippen molar-refractivity contribution in [2.75, 3.05) is 0 Å². The minimum Gasteiger partial charge on any atom is -0.232 e. The van der Waals surface area contributed by atoms with Gasteiger partial charge in [0.1, 0.15) is 9.88 Å². The minimum absolute atomic E-state index is 0.762. The lowest BCUT2D eigenvalue weighted by Gasteiger charge is -1.65. The van der Waals surface area contributed by atoms with Gasteiger partial charge in [0.05, 0.1) is 5.01 Å². The van der Waals surface area contributed by atoms with Crippen molar-refractivity contribution in [2.45, 2.75) is 6.92 Å². The highest BCUT2D eigenvalue weighted by Crippen LogP contribution is 1.88. The number of thiazole rings is 1. The number of hydrogen-bond acceptors (Lipinski definition) is 2. The first-order chi connectivity index (χ1) is 4.77. The Balaban J connectivity index is 3.87. The van der Waals surface area contributed by atoms with E-state index < -0.39 is 0 Å². The van der Waals surface area contributed by atoms with E-state index in [0.717, 1.165) is 14.9 Å². The molecule has 1 aromatic heterocycles. The molecule has 1 rings (SSSR count). The van der Waals surface area contributed by atoms with Gasteiger partial charge in [0.15, 0.2) is 0 Å². The molecule has 0 fully saturated rings. The number of aryl methyl sites for hydroxylation is 1. The molecule has 10 heavy (non-hydrogen) atoms. The lowest BCUT2D eigenvalue weighted by Crippen LogP contribution is -2.17. The first kappa shape index (κ1) is 7.04. The number of rotatable bonds is 0. The molecule has 1 aromatic rings. The van der Waals surface area contributed by atoms with E-state index in [1.807, 2.05) is 6.92 Å². The molecule has 0 amide bonds. The predicted octanol–water partition coefficient (Wildman–Crippen LogP) is 0.582. The zero-order chi connectivity index (χ0) is 7.56. The van der Waals surface area contributed by atoms with Crippen molar-refractivity contribution < 1.29 is 0 Å². The van der Waals surface area contributed by atoms with Gasteiger partial charge in [0.25, 0.3) is 0 Å². The Hall–Kier alpha value is -1.07. The Bertz CT molecular complexity index is 352. The van der Waals surface area contributed by atoms with Crippen LogP contribution in [0.3, 0.4) is 0 Å². The Morgan fingerprint density at radius 3 is 2.50 bits per heavy atom. The van der Waals surface area contributed by atoms with Gasteiger partial charge in [-0.15, -0.1) is 17.1 Å². The topological polar surface area (TPSA) is 12.9 Å². The summed E-state index contributed by atoms with van der Waals surface area (Å²) in [6.45, 7) is 8.97. The third kappa shape index (κ3) is 1.09. The quantitative estimate of drug-likeness (QED) is 0.526. The summed E-state index contributed by atoms with van der Waals surface area (Å²) in [6.07, 6.45) is 0. The van der Waals surface area contributed by atoms with E-state index >= 15 is 0 Å². The van der Waals surface area contributed by atoms with Crippen molar-refractivity contribution >= 4 is 22.8 Å². The van der Waals surface area contributed by atoms with Crippen LogP contribution in [0.1, 0.15) is 5.01 Å².